The highest BCUT2D eigenvalue weighted by Gasteiger charge is 2.13. The van der Waals surface area contributed by atoms with Crippen molar-refractivity contribution in [1.29, 1.82) is 0 Å². The van der Waals surface area contributed by atoms with Crippen molar-refractivity contribution in [1.82, 2.24) is 9.78 Å². The molecule has 2 aromatic heterocycles. The van der Waals surface area contributed by atoms with E-state index in [4.69, 9.17) is 9.84 Å². The molecular weight excluding hydrogens is 408 g/mol. The van der Waals surface area contributed by atoms with Gasteiger partial charge in [0.15, 0.2) is 0 Å². The van der Waals surface area contributed by atoms with Crippen LogP contribution in [-0.2, 0) is 18.4 Å². The number of hydrogen-bond donors (Lipinski definition) is 1. The molecule has 4 rings (SSSR count). The predicted octanol–water partition coefficient (Wildman–Crippen LogP) is 5.46. The first-order valence-electron chi connectivity index (χ1n) is 9.90. The molecule has 0 fully saturated rings. The van der Waals surface area contributed by atoms with Gasteiger partial charge in [-0.15, -0.1) is 17.3 Å². The lowest BCUT2D eigenvalue weighted by molar-refractivity contribution is -0.137. The van der Waals surface area contributed by atoms with E-state index in [-0.39, 0.29) is 12.3 Å². The summed E-state index contributed by atoms with van der Waals surface area (Å²) in [4.78, 5) is 11.1. The molecular formula is C25H22N2O3S. The van der Waals surface area contributed by atoms with E-state index in [0.29, 0.717) is 6.61 Å². The van der Waals surface area contributed by atoms with E-state index in [1.54, 1.807) is 18.3 Å². The normalized spacial score (nSPS) is 11.7. The van der Waals surface area contributed by atoms with Crippen LogP contribution in [0.25, 0.3) is 21.3 Å². The van der Waals surface area contributed by atoms with Gasteiger partial charge >= 0.3 is 5.97 Å². The standard InChI is InChI=1S/C25H22N2O3S/c1-3-4-19(14-25(28)29)18-6-8-20(9-7-18)30-15-17-5-10-24-21(13-17)22(16-31-24)23-11-12-26-27(23)2/h5-13,16,19H,14-15H2,1-2H3,(H,28,29). The van der Waals surface area contributed by atoms with Crippen LogP contribution in [0.5, 0.6) is 5.75 Å². The summed E-state index contributed by atoms with van der Waals surface area (Å²) in [6.07, 6.45) is 1.79. The van der Waals surface area contributed by atoms with E-state index in [2.05, 4.69) is 40.5 Å². The van der Waals surface area contributed by atoms with Crippen molar-refractivity contribution in [3.05, 3.63) is 71.2 Å². The third-order valence-corrected chi connectivity index (χ3v) is 6.08. The Morgan fingerprint density at radius 3 is 2.71 bits per heavy atom. The van der Waals surface area contributed by atoms with Gasteiger partial charge < -0.3 is 9.84 Å². The quantitative estimate of drug-likeness (QED) is 0.395. The van der Waals surface area contributed by atoms with Crippen LogP contribution in [0.4, 0.5) is 0 Å². The molecule has 5 nitrogen and oxygen atoms in total. The molecule has 0 radical (unpaired) electrons. The fourth-order valence-electron chi connectivity index (χ4n) is 3.57. The van der Waals surface area contributed by atoms with Gasteiger partial charge in [0.2, 0.25) is 0 Å². The second kappa shape index (κ2) is 9.07. The number of carboxylic acid groups (broad SMARTS) is 1. The number of nitrogens with zero attached hydrogens (tertiary/aromatic N) is 2. The van der Waals surface area contributed by atoms with Gasteiger partial charge in [-0.05, 0) is 48.4 Å². The Labute approximate surface area is 184 Å². The van der Waals surface area contributed by atoms with Crippen LogP contribution in [0.2, 0.25) is 0 Å². The first kappa shape index (κ1) is 20.7. The van der Waals surface area contributed by atoms with Gasteiger partial charge in [-0.1, -0.05) is 24.1 Å². The van der Waals surface area contributed by atoms with Gasteiger partial charge in [-0.3, -0.25) is 9.48 Å². The lowest BCUT2D eigenvalue weighted by Gasteiger charge is -2.11. The SMILES string of the molecule is CC#CC(CC(=O)O)c1ccc(OCc2ccc3scc(-c4ccnn4C)c3c2)cc1. The fraction of sp³-hybridized carbons (Fsp3) is 0.200. The minimum Gasteiger partial charge on any atom is -0.489 e. The minimum atomic E-state index is -0.859. The van der Waals surface area contributed by atoms with Crippen molar-refractivity contribution in [2.75, 3.05) is 0 Å². The third kappa shape index (κ3) is 4.62. The zero-order valence-electron chi connectivity index (χ0n) is 17.3. The molecule has 0 bridgehead atoms. The molecule has 1 N–H and O–H groups in total. The van der Waals surface area contributed by atoms with Gasteiger partial charge in [-0.25, -0.2) is 0 Å². The lowest BCUT2D eigenvalue weighted by atomic mass is 9.96. The molecule has 2 aromatic carbocycles. The summed E-state index contributed by atoms with van der Waals surface area (Å²) in [7, 11) is 1.95. The summed E-state index contributed by atoms with van der Waals surface area (Å²) < 4.78 is 9.09. The Morgan fingerprint density at radius 2 is 2.03 bits per heavy atom. The number of rotatable bonds is 7. The van der Waals surface area contributed by atoms with Gasteiger partial charge in [0.05, 0.1) is 18.0 Å². The van der Waals surface area contributed by atoms with Crippen LogP contribution < -0.4 is 4.74 Å². The van der Waals surface area contributed by atoms with Crippen molar-refractivity contribution < 1.29 is 14.6 Å². The molecule has 1 atom stereocenters. The maximum absolute atomic E-state index is 11.1. The number of aromatic nitrogens is 2. The number of aliphatic carboxylic acids is 1. The summed E-state index contributed by atoms with van der Waals surface area (Å²) in [5.74, 6) is 5.34. The van der Waals surface area contributed by atoms with Crippen LogP contribution >= 0.6 is 11.3 Å². The van der Waals surface area contributed by atoms with Crippen molar-refractivity contribution in [2.24, 2.45) is 7.05 Å². The van der Waals surface area contributed by atoms with E-state index in [0.717, 1.165) is 22.6 Å². The maximum Gasteiger partial charge on any atom is 0.304 e. The topological polar surface area (TPSA) is 64.3 Å². The second-order valence-electron chi connectivity index (χ2n) is 7.22. The Morgan fingerprint density at radius 1 is 1.23 bits per heavy atom. The minimum absolute atomic E-state index is 0.0132. The van der Waals surface area contributed by atoms with Crippen molar-refractivity contribution in [3.8, 4) is 28.8 Å². The molecule has 2 heterocycles. The summed E-state index contributed by atoms with van der Waals surface area (Å²) in [5, 5.41) is 16.7. The average Bonchev–Trinajstić information content (AvgIpc) is 3.37. The molecule has 0 aliphatic carbocycles. The highest BCUT2D eigenvalue weighted by atomic mass is 32.1. The largest absolute Gasteiger partial charge is 0.489 e. The Bertz CT molecular complexity index is 1280. The monoisotopic (exact) mass is 430 g/mol. The molecule has 1 unspecified atom stereocenters. The molecule has 0 saturated heterocycles. The summed E-state index contributed by atoms with van der Waals surface area (Å²) in [6.45, 7) is 2.17. The van der Waals surface area contributed by atoms with Crippen LogP contribution in [0.3, 0.4) is 0 Å². The van der Waals surface area contributed by atoms with Gasteiger partial charge in [0, 0.05) is 34.3 Å². The Balaban J connectivity index is 1.49. The lowest BCUT2D eigenvalue weighted by Crippen LogP contribution is -2.04. The molecule has 0 saturated carbocycles. The first-order valence-corrected chi connectivity index (χ1v) is 10.8. The van der Waals surface area contributed by atoms with Crippen molar-refractivity contribution >= 4 is 27.4 Å². The van der Waals surface area contributed by atoms with Gasteiger partial charge in [0.1, 0.15) is 12.4 Å². The molecule has 0 aliphatic rings. The Hall–Kier alpha value is -3.56. The summed E-state index contributed by atoms with van der Waals surface area (Å²) in [6, 6.07) is 15.9. The number of benzene rings is 2. The number of thiophene rings is 1. The summed E-state index contributed by atoms with van der Waals surface area (Å²) in [5.41, 5.74) is 4.22. The van der Waals surface area contributed by atoms with Crippen LogP contribution in [-0.4, -0.2) is 20.9 Å². The number of ether oxygens (including phenoxy) is 1. The molecule has 0 amide bonds. The van der Waals surface area contributed by atoms with Gasteiger partial charge in [0.25, 0.3) is 0 Å². The smallest absolute Gasteiger partial charge is 0.304 e. The Kier molecular flexibility index (Phi) is 6.06. The van der Waals surface area contributed by atoms with Crippen LogP contribution in [0, 0.1) is 11.8 Å². The van der Waals surface area contributed by atoms with Crippen LogP contribution in [0.15, 0.2) is 60.1 Å². The maximum atomic E-state index is 11.1. The number of aryl methyl sites for hydroxylation is 1. The van der Waals surface area contributed by atoms with Crippen molar-refractivity contribution in [3.63, 3.8) is 0 Å². The van der Waals surface area contributed by atoms with E-state index < -0.39 is 5.97 Å². The zero-order valence-corrected chi connectivity index (χ0v) is 18.1. The number of carbonyl (C=O) groups is 1. The highest BCUT2D eigenvalue weighted by molar-refractivity contribution is 7.17. The molecule has 156 valence electrons. The first-order chi connectivity index (χ1) is 15.0. The predicted molar refractivity (Wildman–Crippen MR) is 123 cm³/mol. The third-order valence-electron chi connectivity index (χ3n) is 5.12. The fourth-order valence-corrected chi connectivity index (χ4v) is 4.50. The van der Waals surface area contributed by atoms with Crippen LogP contribution in [0.1, 0.15) is 30.4 Å². The molecule has 0 aliphatic heterocycles. The molecule has 31 heavy (non-hydrogen) atoms. The highest BCUT2D eigenvalue weighted by Crippen LogP contribution is 2.34. The molecule has 4 aromatic rings. The van der Waals surface area contributed by atoms with E-state index in [1.165, 1.54) is 15.6 Å². The van der Waals surface area contributed by atoms with Crippen molar-refractivity contribution in [2.45, 2.75) is 25.9 Å². The number of hydrogen-bond acceptors (Lipinski definition) is 4. The van der Waals surface area contributed by atoms with E-state index in [9.17, 15) is 4.79 Å². The molecule has 0 spiro atoms. The number of carboxylic acids is 1. The van der Waals surface area contributed by atoms with E-state index >= 15 is 0 Å². The zero-order chi connectivity index (χ0) is 21.8. The molecule has 6 heteroatoms. The second-order valence-corrected chi connectivity index (χ2v) is 8.13. The number of fused-ring (bicyclic) bond motifs is 1. The van der Waals surface area contributed by atoms with E-state index in [1.807, 2.05) is 48.3 Å². The average molecular weight is 431 g/mol. The van der Waals surface area contributed by atoms with Gasteiger partial charge in [-0.2, -0.15) is 5.10 Å². The summed E-state index contributed by atoms with van der Waals surface area (Å²) >= 11 is 1.72.